The van der Waals surface area contributed by atoms with Crippen molar-refractivity contribution in [1.82, 2.24) is 15.5 Å². The Balaban J connectivity index is 1.26. The SMILES string of the molecule is CN=C(NCC(C)Oc1ccccc1F)NC1CC2CCC(C1)N2Cc1ccccc1. The van der Waals surface area contributed by atoms with Crippen LogP contribution < -0.4 is 15.4 Å². The molecular formula is C25H33FN4O. The van der Waals surface area contributed by atoms with Gasteiger partial charge in [-0.15, -0.1) is 0 Å². The van der Waals surface area contributed by atoms with Crippen LogP contribution in [0.25, 0.3) is 0 Å². The summed E-state index contributed by atoms with van der Waals surface area (Å²) in [5, 5.41) is 6.94. The Labute approximate surface area is 184 Å². The second-order valence-corrected chi connectivity index (χ2v) is 8.67. The van der Waals surface area contributed by atoms with E-state index in [2.05, 4.69) is 50.9 Å². The van der Waals surface area contributed by atoms with Crippen LogP contribution in [0.1, 0.15) is 38.2 Å². The molecule has 31 heavy (non-hydrogen) atoms. The van der Waals surface area contributed by atoms with Gasteiger partial charge in [-0.25, -0.2) is 4.39 Å². The lowest BCUT2D eigenvalue weighted by Crippen LogP contribution is -2.53. The zero-order valence-electron chi connectivity index (χ0n) is 18.4. The van der Waals surface area contributed by atoms with Gasteiger partial charge in [0.2, 0.25) is 0 Å². The Morgan fingerprint density at radius 2 is 1.77 bits per heavy atom. The maximum Gasteiger partial charge on any atom is 0.191 e. The third-order valence-corrected chi connectivity index (χ3v) is 6.38. The molecule has 2 aliphatic heterocycles. The topological polar surface area (TPSA) is 48.9 Å². The number of halogens is 1. The molecule has 0 spiro atoms. The average molecular weight is 425 g/mol. The molecule has 2 N–H and O–H groups in total. The number of ether oxygens (including phenoxy) is 1. The number of rotatable bonds is 7. The maximum absolute atomic E-state index is 13.8. The van der Waals surface area contributed by atoms with E-state index < -0.39 is 0 Å². The highest BCUT2D eigenvalue weighted by molar-refractivity contribution is 5.80. The Hall–Kier alpha value is -2.60. The van der Waals surface area contributed by atoms with Gasteiger partial charge in [0.05, 0.1) is 6.54 Å². The molecule has 0 aliphatic carbocycles. The minimum atomic E-state index is -0.338. The van der Waals surface area contributed by atoms with Crippen LogP contribution in [0.5, 0.6) is 5.75 Å². The third kappa shape index (κ3) is 5.56. The molecule has 6 heteroatoms. The number of para-hydroxylation sites is 1. The van der Waals surface area contributed by atoms with Crippen LogP contribution in [0, 0.1) is 5.82 Å². The monoisotopic (exact) mass is 424 g/mol. The van der Waals surface area contributed by atoms with Gasteiger partial charge in [-0.3, -0.25) is 9.89 Å². The van der Waals surface area contributed by atoms with Crippen molar-refractivity contribution in [3.63, 3.8) is 0 Å². The minimum absolute atomic E-state index is 0.181. The minimum Gasteiger partial charge on any atom is -0.486 e. The second-order valence-electron chi connectivity index (χ2n) is 8.67. The fourth-order valence-corrected chi connectivity index (χ4v) is 4.87. The molecule has 2 aromatic rings. The molecule has 2 saturated heterocycles. The van der Waals surface area contributed by atoms with E-state index >= 15 is 0 Å². The summed E-state index contributed by atoms with van der Waals surface area (Å²) in [5.41, 5.74) is 1.40. The van der Waals surface area contributed by atoms with E-state index in [4.69, 9.17) is 4.74 Å². The number of piperidine rings is 1. The van der Waals surface area contributed by atoms with Gasteiger partial charge in [0.25, 0.3) is 0 Å². The van der Waals surface area contributed by atoms with Gasteiger partial charge in [0.1, 0.15) is 6.10 Å². The zero-order chi connectivity index (χ0) is 21.6. The van der Waals surface area contributed by atoms with Gasteiger partial charge < -0.3 is 15.4 Å². The third-order valence-electron chi connectivity index (χ3n) is 6.38. The fraction of sp³-hybridized carbons (Fsp3) is 0.480. The van der Waals surface area contributed by atoms with Crippen molar-refractivity contribution in [2.45, 2.75) is 63.4 Å². The summed E-state index contributed by atoms with van der Waals surface area (Å²) in [5.74, 6) is 0.724. The van der Waals surface area contributed by atoms with Crippen molar-refractivity contribution in [1.29, 1.82) is 0 Å². The predicted molar refractivity (Wildman–Crippen MR) is 123 cm³/mol. The standard InChI is InChI=1S/C25H33FN4O/c1-18(31-24-11-7-6-10-23(24)26)16-28-25(27-2)29-20-14-21-12-13-22(15-20)30(21)17-19-8-4-3-5-9-19/h3-11,18,20-22H,12-17H2,1-2H3,(H2,27,28,29). The summed E-state index contributed by atoms with van der Waals surface area (Å²) in [6, 6.07) is 18.9. The Morgan fingerprint density at radius 1 is 1.10 bits per heavy atom. The summed E-state index contributed by atoms with van der Waals surface area (Å²) in [4.78, 5) is 7.08. The van der Waals surface area contributed by atoms with Gasteiger partial charge >= 0.3 is 0 Å². The van der Waals surface area contributed by atoms with Crippen LogP contribution in [0.2, 0.25) is 0 Å². The average Bonchev–Trinajstić information content (AvgIpc) is 3.01. The van der Waals surface area contributed by atoms with Gasteiger partial charge in [-0.2, -0.15) is 0 Å². The first-order valence-electron chi connectivity index (χ1n) is 11.3. The number of hydrogen-bond acceptors (Lipinski definition) is 3. The van der Waals surface area contributed by atoms with E-state index in [9.17, 15) is 4.39 Å². The van der Waals surface area contributed by atoms with Crippen LogP contribution >= 0.6 is 0 Å². The highest BCUT2D eigenvalue weighted by Crippen LogP contribution is 2.36. The van der Waals surface area contributed by atoms with E-state index in [1.54, 1.807) is 25.2 Å². The highest BCUT2D eigenvalue weighted by Gasteiger charge is 2.40. The Kier molecular flexibility index (Phi) is 7.07. The molecule has 2 bridgehead atoms. The molecule has 5 nitrogen and oxygen atoms in total. The molecule has 2 aromatic carbocycles. The summed E-state index contributed by atoms with van der Waals surface area (Å²) >= 11 is 0. The van der Waals surface area contributed by atoms with E-state index in [0.717, 1.165) is 25.3 Å². The van der Waals surface area contributed by atoms with Gasteiger partial charge in [0, 0.05) is 31.7 Å². The molecule has 166 valence electrons. The Bertz CT molecular complexity index is 861. The summed E-state index contributed by atoms with van der Waals surface area (Å²) in [7, 11) is 1.79. The number of fused-ring (bicyclic) bond motifs is 2. The van der Waals surface area contributed by atoms with Gasteiger partial charge in [0.15, 0.2) is 17.5 Å². The second kappa shape index (κ2) is 10.1. The van der Waals surface area contributed by atoms with E-state index in [0.29, 0.717) is 24.7 Å². The van der Waals surface area contributed by atoms with Crippen molar-refractivity contribution in [3.05, 3.63) is 66.0 Å². The number of nitrogens with zero attached hydrogens (tertiary/aromatic N) is 2. The normalized spacial score (nSPS) is 24.6. The number of hydrogen-bond donors (Lipinski definition) is 2. The van der Waals surface area contributed by atoms with Crippen LogP contribution in [0.15, 0.2) is 59.6 Å². The molecule has 0 radical (unpaired) electrons. The molecule has 2 fully saturated rings. The number of benzene rings is 2. The highest BCUT2D eigenvalue weighted by atomic mass is 19.1. The zero-order valence-corrected chi connectivity index (χ0v) is 18.4. The fourth-order valence-electron chi connectivity index (χ4n) is 4.87. The van der Waals surface area contributed by atoms with E-state index in [1.165, 1.54) is 24.5 Å². The van der Waals surface area contributed by atoms with Crippen molar-refractivity contribution in [2.24, 2.45) is 4.99 Å². The molecule has 0 saturated carbocycles. The number of guanidine groups is 1. The molecular weight excluding hydrogens is 391 g/mol. The molecule has 3 atom stereocenters. The molecule has 0 aromatic heterocycles. The van der Waals surface area contributed by atoms with Gasteiger partial charge in [-0.1, -0.05) is 42.5 Å². The van der Waals surface area contributed by atoms with Crippen molar-refractivity contribution in [2.75, 3.05) is 13.6 Å². The lowest BCUT2D eigenvalue weighted by molar-refractivity contribution is 0.114. The molecule has 2 heterocycles. The van der Waals surface area contributed by atoms with E-state index in [1.807, 2.05) is 6.92 Å². The lowest BCUT2D eigenvalue weighted by atomic mass is 9.96. The van der Waals surface area contributed by atoms with Crippen molar-refractivity contribution < 1.29 is 9.13 Å². The van der Waals surface area contributed by atoms with Crippen LogP contribution in [-0.2, 0) is 6.54 Å². The van der Waals surface area contributed by atoms with Crippen molar-refractivity contribution in [3.8, 4) is 5.75 Å². The number of nitrogens with one attached hydrogen (secondary N) is 2. The smallest absolute Gasteiger partial charge is 0.191 e. The maximum atomic E-state index is 13.8. The number of aliphatic imine (C=N–C) groups is 1. The molecule has 0 amide bonds. The first-order chi connectivity index (χ1) is 15.1. The van der Waals surface area contributed by atoms with E-state index in [-0.39, 0.29) is 17.7 Å². The summed E-state index contributed by atoms with van der Waals surface area (Å²) < 4.78 is 19.5. The Morgan fingerprint density at radius 3 is 2.45 bits per heavy atom. The quantitative estimate of drug-likeness (QED) is 0.522. The van der Waals surface area contributed by atoms with Crippen LogP contribution in [0.4, 0.5) is 4.39 Å². The van der Waals surface area contributed by atoms with Crippen LogP contribution in [-0.4, -0.2) is 48.7 Å². The predicted octanol–water partition coefficient (Wildman–Crippen LogP) is 3.95. The first kappa shape index (κ1) is 21.6. The molecule has 3 unspecified atom stereocenters. The summed E-state index contributed by atoms with van der Waals surface area (Å²) in [6.45, 7) is 3.52. The van der Waals surface area contributed by atoms with Crippen molar-refractivity contribution >= 4 is 5.96 Å². The molecule has 2 aliphatic rings. The van der Waals surface area contributed by atoms with Gasteiger partial charge in [-0.05, 0) is 50.3 Å². The lowest BCUT2D eigenvalue weighted by Gasteiger charge is -2.39. The largest absolute Gasteiger partial charge is 0.486 e. The first-order valence-corrected chi connectivity index (χ1v) is 11.3. The van der Waals surface area contributed by atoms with Crippen LogP contribution in [0.3, 0.4) is 0 Å². The summed E-state index contributed by atoms with van der Waals surface area (Å²) in [6.07, 6.45) is 4.63. The molecule has 4 rings (SSSR count).